The van der Waals surface area contributed by atoms with E-state index in [4.69, 9.17) is 0 Å². The molecule has 0 aromatic heterocycles. The highest BCUT2D eigenvalue weighted by Gasteiger charge is 2.27. The number of urea groups is 1. The van der Waals surface area contributed by atoms with Gasteiger partial charge in [-0.05, 0) is 45.7 Å². The van der Waals surface area contributed by atoms with E-state index in [1.807, 2.05) is 4.90 Å². The minimum atomic E-state index is -3.08. The van der Waals surface area contributed by atoms with Gasteiger partial charge in [-0.2, -0.15) is 0 Å². The van der Waals surface area contributed by atoms with Crippen molar-refractivity contribution in [1.29, 1.82) is 0 Å². The van der Waals surface area contributed by atoms with Gasteiger partial charge in [-0.15, -0.1) is 0 Å². The van der Waals surface area contributed by atoms with Crippen LogP contribution in [0.2, 0.25) is 0 Å². The number of rotatable bonds is 4. The zero-order valence-electron chi connectivity index (χ0n) is 14.5. The van der Waals surface area contributed by atoms with Gasteiger partial charge in [0.05, 0.1) is 6.26 Å². The Kier molecular flexibility index (Phi) is 6.27. The highest BCUT2D eigenvalue weighted by Crippen LogP contribution is 2.19. The highest BCUT2D eigenvalue weighted by molar-refractivity contribution is 7.88. The van der Waals surface area contributed by atoms with Crippen molar-refractivity contribution in [1.82, 2.24) is 19.4 Å². The standard InChI is InChI=1S/C15H30N4O3S/c1-17(2)14-5-4-8-18(12-14)15(20)16-11-13-6-9-19(10-7-13)23(3,21)22/h13-14H,4-12H2,1-3H3,(H,16,20)/t14-/m1/s1. The van der Waals surface area contributed by atoms with Gasteiger partial charge in [-0.1, -0.05) is 0 Å². The average Bonchev–Trinajstić information content (AvgIpc) is 2.52. The fourth-order valence-electron chi connectivity index (χ4n) is 3.35. The first-order chi connectivity index (χ1) is 10.8. The summed E-state index contributed by atoms with van der Waals surface area (Å²) in [4.78, 5) is 16.4. The lowest BCUT2D eigenvalue weighted by atomic mass is 9.98. The first kappa shape index (κ1) is 18.5. The first-order valence-electron chi connectivity index (χ1n) is 8.41. The summed E-state index contributed by atoms with van der Waals surface area (Å²) >= 11 is 0. The second kappa shape index (κ2) is 7.81. The molecule has 2 fully saturated rings. The van der Waals surface area contributed by atoms with Crippen LogP contribution >= 0.6 is 0 Å². The molecule has 23 heavy (non-hydrogen) atoms. The molecule has 2 rings (SSSR count). The van der Waals surface area contributed by atoms with Crippen LogP contribution in [0.15, 0.2) is 0 Å². The van der Waals surface area contributed by atoms with Gasteiger partial charge >= 0.3 is 6.03 Å². The fourth-order valence-corrected chi connectivity index (χ4v) is 4.22. The number of carbonyl (C=O) groups is 1. The van der Waals surface area contributed by atoms with E-state index >= 15 is 0 Å². The number of piperidine rings is 2. The topological polar surface area (TPSA) is 73.0 Å². The maximum absolute atomic E-state index is 12.3. The van der Waals surface area contributed by atoms with E-state index in [9.17, 15) is 13.2 Å². The summed E-state index contributed by atoms with van der Waals surface area (Å²) in [5, 5.41) is 3.04. The number of likely N-dealkylation sites (tertiary alicyclic amines) is 1. The van der Waals surface area contributed by atoms with Crippen molar-refractivity contribution in [3.8, 4) is 0 Å². The molecule has 1 N–H and O–H groups in total. The molecule has 7 nitrogen and oxygen atoms in total. The number of carbonyl (C=O) groups excluding carboxylic acids is 1. The van der Waals surface area contributed by atoms with Crippen LogP contribution < -0.4 is 5.32 Å². The Bertz CT molecular complexity index is 501. The summed E-state index contributed by atoms with van der Waals surface area (Å²) in [6, 6.07) is 0.453. The molecular formula is C15H30N4O3S. The molecule has 134 valence electrons. The van der Waals surface area contributed by atoms with Gasteiger partial charge < -0.3 is 15.1 Å². The lowest BCUT2D eigenvalue weighted by Gasteiger charge is -2.36. The third-order valence-corrected chi connectivity index (χ3v) is 6.30. The number of hydrogen-bond donors (Lipinski definition) is 1. The minimum Gasteiger partial charge on any atom is -0.338 e. The molecule has 0 spiro atoms. The zero-order chi connectivity index (χ0) is 17.0. The molecule has 1 atom stereocenters. The van der Waals surface area contributed by atoms with Crippen LogP contribution in [0.4, 0.5) is 4.79 Å². The van der Waals surface area contributed by atoms with Gasteiger partial charge in [0, 0.05) is 38.8 Å². The van der Waals surface area contributed by atoms with Crippen LogP contribution in [0.5, 0.6) is 0 Å². The molecule has 0 saturated carbocycles. The minimum absolute atomic E-state index is 0.0158. The van der Waals surface area contributed by atoms with Gasteiger partial charge in [-0.3, -0.25) is 0 Å². The smallest absolute Gasteiger partial charge is 0.317 e. The van der Waals surface area contributed by atoms with Gasteiger partial charge in [0.2, 0.25) is 10.0 Å². The third-order valence-electron chi connectivity index (χ3n) is 5.00. The van der Waals surface area contributed by atoms with Crippen LogP contribution in [0.1, 0.15) is 25.7 Å². The molecule has 0 bridgehead atoms. The largest absolute Gasteiger partial charge is 0.338 e. The van der Waals surface area contributed by atoms with Crippen molar-refractivity contribution in [3.05, 3.63) is 0 Å². The van der Waals surface area contributed by atoms with Crippen molar-refractivity contribution < 1.29 is 13.2 Å². The van der Waals surface area contributed by atoms with Gasteiger partial charge in [-0.25, -0.2) is 17.5 Å². The van der Waals surface area contributed by atoms with Gasteiger partial charge in [0.25, 0.3) is 0 Å². The van der Waals surface area contributed by atoms with Crippen LogP contribution in [-0.4, -0.2) is 87.7 Å². The van der Waals surface area contributed by atoms with E-state index in [1.165, 1.54) is 10.6 Å². The lowest BCUT2D eigenvalue weighted by molar-refractivity contribution is 0.138. The second-order valence-electron chi connectivity index (χ2n) is 7.00. The van der Waals surface area contributed by atoms with E-state index in [0.717, 1.165) is 38.8 Å². The van der Waals surface area contributed by atoms with E-state index < -0.39 is 10.0 Å². The predicted molar refractivity (Wildman–Crippen MR) is 90.8 cm³/mol. The summed E-state index contributed by atoms with van der Waals surface area (Å²) < 4.78 is 24.5. The Morgan fingerprint density at radius 3 is 2.39 bits per heavy atom. The molecule has 2 aliphatic heterocycles. The second-order valence-corrected chi connectivity index (χ2v) is 8.98. The molecular weight excluding hydrogens is 316 g/mol. The van der Waals surface area contributed by atoms with Crippen LogP contribution in [0, 0.1) is 5.92 Å². The molecule has 2 amide bonds. The molecule has 2 saturated heterocycles. The summed E-state index contributed by atoms with van der Waals surface area (Å²) in [5.41, 5.74) is 0. The zero-order valence-corrected chi connectivity index (χ0v) is 15.3. The van der Waals surface area contributed by atoms with E-state index in [0.29, 0.717) is 31.6 Å². The number of amides is 2. The molecule has 0 unspecified atom stereocenters. The fraction of sp³-hybridized carbons (Fsp3) is 0.933. The molecule has 8 heteroatoms. The van der Waals surface area contributed by atoms with Crippen molar-refractivity contribution >= 4 is 16.1 Å². The quantitative estimate of drug-likeness (QED) is 0.799. The first-order valence-corrected chi connectivity index (χ1v) is 10.3. The predicted octanol–water partition coefficient (Wildman–Crippen LogP) is 0.394. The van der Waals surface area contributed by atoms with E-state index in [-0.39, 0.29) is 6.03 Å². The number of nitrogens with zero attached hydrogens (tertiary/aromatic N) is 3. The normalized spacial score (nSPS) is 24.9. The Balaban J connectivity index is 1.73. The van der Waals surface area contributed by atoms with Gasteiger partial charge in [0.15, 0.2) is 0 Å². The highest BCUT2D eigenvalue weighted by atomic mass is 32.2. The van der Waals surface area contributed by atoms with E-state index in [1.54, 1.807) is 0 Å². The number of nitrogens with one attached hydrogen (secondary N) is 1. The number of likely N-dealkylation sites (N-methyl/N-ethyl adjacent to an activating group) is 1. The Morgan fingerprint density at radius 1 is 1.17 bits per heavy atom. The Labute approximate surface area is 140 Å². The monoisotopic (exact) mass is 346 g/mol. The summed E-state index contributed by atoms with van der Waals surface area (Å²) in [6.07, 6.45) is 5.07. The van der Waals surface area contributed by atoms with Crippen molar-refractivity contribution in [2.75, 3.05) is 53.1 Å². The summed E-state index contributed by atoms with van der Waals surface area (Å²) in [6.45, 7) is 3.37. The molecule has 0 aromatic carbocycles. The summed E-state index contributed by atoms with van der Waals surface area (Å²) in [5.74, 6) is 0.367. The maximum Gasteiger partial charge on any atom is 0.317 e. The number of sulfonamides is 1. The molecule has 0 aliphatic carbocycles. The Hall–Kier alpha value is -0.860. The molecule has 2 aliphatic rings. The van der Waals surface area contributed by atoms with Crippen LogP contribution in [-0.2, 0) is 10.0 Å². The molecule has 2 heterocycles. The number of hydrogen-bond acceptors (Lipinski definition) is 4. The molecule has 0 radical (unpaired) electrons. The SMILES string of the molecule is CN(C)[C@@H]1CCCN(C(=O)NCC2CCN(S(C)(=O)=O)CC2)C1. The van der Waals surface area contributed by atoms with E-state index in [2.05, 4.69) is 24.3 Å². The Morgan fingerprint density at radius 2 is 1.83 bits per heavy atom. The maximum atomic E-state index is 12.3. The summed E-state index contributed by atoms with van der Waals surface area (Å²) in [7, 11) is 1.04. The third kappa shape index (κ3) is 5.32. The average molecular weight is 346 g/mol. The molecule has 0 aromatic rings. The van der Waals surface area contributed by atoms with Crippen LogP contribution in [0.3, 0.4) is 0 Å². The van der Waals surface area contributed by atoms with Crippen molar-refractivity contribution in [3.63, 3.8) is 0 Å². The lowest BCUT2D eigenvalue weighted by Crippen LogP contribution is -2.51. The van der Waals surface area contributed by atoms with Crippen molar-refractivity contribution in [2.24, 2.45) is 5.92 Å². The van der Waals surface area contributed by atoms with Crippen molar-refractivity contribution in [2.45, 2.75) is 31.7 Å². The van der Waals surface area contributed by atoms with Crippen LogP contribution in [0.25, 0.3) is 0 Å². The van der Waals surface area contributed by atoms with Gasteiger partial charge in [0.1, 0.15) is 0 Å².